The molecular weight excluding hydrogens is 312 g/mol. The van der Waals surface area contributed by atoms with Gasteiger partial charge < -0.3 is 4.74 Å². The first-order valence-corrected chi connectivity index (χ1v) is 8.66. The Balaban J connectivity index is 1.77. The third kappa shape index (κ3) is 2.84. The number of ether oxygens (including phenoxy) is 1. The average Bonchev–Trinajstić information content (AvgIpc) is 3.23. The molecule has 0 bridgehead atoms. The Kier molecular flexibility index (Phi) is 4.10. The zero-order valence-corrected chi connectivity index (χ0v) is 14.2. The van der Waals surface area contributed by atoms with Crippen molar-refractivity contribution >= 4 is 5.97 Å². The number of benzene rings is 2. The third-order valence-corrected chi connectivity index (χ3v) is 4.72. The van der Waals surface area contributed by atoms with Gasteiger partial charge in [-0.15, -0.1) is 0 Å². The highest BCUT2D eigenvalue weighted by molar-refractivity contribution is 5.89. The van der Waals surface area contributed by atoms with Gasteiger partial charge in [-0.25, -0.2) is 9.48 Å². The third-order valence-electron chi connectivity index (χ3n) is 4.72. The van der Waals surface area contributed by atoms with Crippen LogP contribution in [0.2, 0.25) is 0 Å². The van der Waals surface area contributed by atoms with Gasteiger partial charge in [-0.3, -0.25) is 0 Å². The number of aromatic nitrogens is 2. The van der Waals surface area contributed by atoms with E-state index in [2.05, 4.69) is 29.4 Å². The second-order valence-corrected chi connectivity index (χ2v) is 6.26. The Hall–Kier alpha value is -2.88. The maximum atomic E-state index is 12.4. The van der Waals surface area contributed by atoms with Crippen molar-refractivity contribution < 1.29 is 9.53 Å². The molecule has 1 aromatic heterocycles. The van der Waals surface area contributed by atoms with Gasteiger partial charge >= 0.3 is 5.97 Å². The Morgan fingerprint density at radius 2 is 1.76 bits per heavy atom. The van der Waals surface area contributed by atoms with Gasteiger partial charge in [0, 0.05) is 11.3 Å². The molecule has 4 rings (SSSR count). The van der Waals surface area contributed by atoms with Gasteiger partial charge in [0.2, 0.25) is 0 Å². The molecule has 3 aromatic rings. The summed E-state index contributed by atoms with van der Waals surface area (Å²) >= 11 is 0. The fraction of sp³-hybridized carbons (Fsp3) is 0.238. The van der Waals surface area contributed by atoms with Gasteiger partial charge in [0.15, 0.2) is 5.69 Å². The molecule has 126 valence electrons. The number of para-hydroxylation sites is 1. The zero-order chi connectivity index (χ0) is 17.2. The van der Waals surface area contributed by atoms with Crippen molar-refractivity contribution in [3.8, 4) is 5.69 Å². The molecule has 4 heteroatoms. The predicted molar refractivity (Wildman–Crippen MR) is 96.1 cm³/mol. The van der Waals surface area contributed by atoms with E-state index in [1.54, 1.807) is 0 Å². The van der Waals surface area contributed by atoms with Crippen molar-refractivity contribution in [3.63, 3.8) is 0 Å². The SMILES string of the molecule is CCOC(=O)c1nn(-c2ccccc2)c2c1CC(c1ccccc1)C2. The number of esters is 1. The summed E-state index contributed by atoms with van der Waals surface area (Å²) in [7, 11) is 0. The normalized spacial score (nSPS) is 15.8. The Morgan fingerprint density at radius 1 is 1.08 bits per heavy atom. The van der Waals surface area contributed by atoms with Crippen LogP contribution in [-0.2, 0) is 17.6 Å². The lowest BCUT2D eigenvalue weighted by molar-refractivity contribution is 0.0517. The van der Waals surface area contributed by atoms with Crippen LogP contribution in [0.5, 0.6) is 0 Å². The van der Waals surface area contributed by atoms with Crippen LogP contribution in [0.3, 0.4) is 0 Å². The molecule has 0 fully saturated rings. The lowest BCUT2D eigenvalue weighted by Crippen LogP contribution is -2.10. The predicted octanol–water partition coefficient (Wildman–Crippen LogP) is 3.93. The Bertz CT molecular complexity index is 885. The highest BCUT2D eigenvalue weighted by atomic mass is 16.5. The molecule has 4 nitrogen and oxygen atoms in total. The summed E-state index contributed by atoms with van der Waals surface area (Å²) in [6, 6.07) is 20.4. The summed E-state index contributed by atoms with van der Waals surface area (Å²) in [6.07, 6.45) is 1.70. The van der Waals surface area contributed by atoms with E-state index >= 15 is 0 Å². The Morgan fingerprint density at radius 3 is 2.44 bits per heavy atom. The summed E-state index contributed by atoms with van der Waals surface area (Å²) in [6.45, 7) is 2.17. The summed E-state index contributed by atoms with van der Waals surface area (Å²) in [5.41, 5.74) is 4.87. The highest BCUT2D eigenvalue weighted by Crippen LogP contribution is 2.37. The quantitative estimate of drug-likeness (QED) is 0.680. The number of fused-ring (bicyclic) bond motifs is 1. The molecule has 0 amide bonds. The number of carbonyl (C=O) groups excluding carboxylic acids is 1. The van der Waals surface area contributed by atoms with Crippen LogP contribution in [0, 0.1) is 0 Å². The first-order valence-electron chi connectivity index (χ1n) is 8.66. The number of hydrogen-bond donors (Lipinski definition) is 0. The molecular formula is C21H20N2O2. The van der Waals surface area contributed by atoms with Gasteiger partial charge in [0.25, 0.3) is 0 Å². The summed E-state index contributed by atoms with van der Waals surface area (Å²) in [4.78, 5) is 12.4. The maximum Gasteiger partial charge on any atom is 0.359 e. The van der Waals surface area contributed by atoms with Crippen LogP contribution in [0.4, 0.5) is 0 Å². The average molecular weight is 332 g/mol. The fourth-order valence-electron chi connectivity index (χ4n) is 3.57. The summed E-state index contributed by atoms with van der Waals surface area (Å²) in [5, 5.41) is 4.59. The first kappa shape index (κ1) is 15.6. The van der Waals surface area contributed by atoms with Crippen molar-refractivity contribution in [2.24, 2.45) is 0 Å². The second kappa shape index (κ2) is 6.55. The lowest BCUT2D eigenvalue weighted by Gasteiger charge is -2.11. The topological polar surface area (TPSA) is 44.1 Å². The van der Waals surface area contributed by atoms with E-state index in [4.69, 9.17) is 4.74 Å². The Labute approximate surface area is 147 Å². The molecule has 1 atom stereocenters. The minimum Gasteiger partial charge on any atom is -0.461 e. The molecule has 0 saturated heterocycles. The molecule has 1 aliphatic carbocycles. The molecule has 0 radical (unpaired) electrons. The van der Waals surface area contributed by atoms with E-state index in [0.29, 0.717) is 18.2 Å². The van der Waals surface area contributed by atoms with Gasteiger partial charge in [0.05, 0.1) is 12.3 Å². The van der Waals surface area contributed by atoms with E-state index in [9.17, 15) is 4.79 Å². The van der Waals surface area contributed by atoms with E-state index in [-0.39, 0.29) is 5.97 Å². The number of hydrogen-bond acceptors (Lipinski definition) is 3. The van der Waals surface area contributed by atoms with Crippen molar-refractivity contribution in [2.45, 2.75) is 25.7 Å². The molecule has 1 unspecified atom stereocenters. The summed E-state index contributed by atoms with van der Waals surface area (Å²) in [5.74, 6) is 0.0412. The standard InChI is InChI=1S/C21H20N2O2/c1-2-25-21(24)20-18-13-16(15-9-5-3-6-10-15)14-19(18)23(22-20)17-11-7-4-8-12-17/h3-12,16H,2,13-14H2,1H3. The minimum absolute atomic E-state index is 0.331. The minimum atomic E-state index is -0.331. The lowest BCUT2D eigenvalue weighted by atomic mass is 9.96. The van der Waals surface area contributed by atoms with Crippen molar-refractivity contribution in [3.05, 3.63) is 83.2 Å². The van der Waals surface area contributed by atoms with Gasteiger partial charge in [-0.05, 0) is 43.4 Å². The van der Waals surface area contributed by atoms with Crippen LogP contribution in [0.15, 0.2) is 60.7 Å². The van der Waals surface area contributed by atoms with Gasteiger partial charge in [0.1, 0.15) is 0 Å². The molecule has 1 heterocycles. The van der Waals surface area contributed by atoms with E-state index < -0.39 is 0 Å². The van der Waals surface area contributed by atoms with E-state index in [1.165, 1.54) is 5.56 Å². The molecule has 0 spiro atoms. The van der Waals surface area contributed by atoms with Gasteiger partial charge in [-0.1, -0.05) is 48.5 Å². The van der Waals surface area contributed by atoms with Crippen LogP contribution >= 0.6 is 0 Å². The number of carbonyl (C=O) groups is 1. The maximum absolute atomic E-state index is 12.4. The zero-order valence-electron chi connectivity index (χ0n) is 14.2. The largest absolute Gasteiger partial charge is 0.461 e. The van der Waals surface area contributed by atoms with Crippen LogP contribution in [0.1, 0.15) is 40.2 Å². The molecule has 0 aliphatic heterocycles. The van der Waals surface area contributed by atoms with Crippen LogP contribution in [0.25, 0.3) is 5.69 Å². The van der Waals surface area contributed by atoms with Crippen molar-refractivity contribution in [2.75, 3.05) is 6.61 Å². The van der Waals surface area contributed by atoms with E-state index in [1.807, 2.05) is 48.0 Å². The smallest absolute Gasteiger partial charge is 0.359 e. The molecule has 2 aromatic carbocycles. The molecule has 0 N–H and O–H groups in total. The van der Waals surface area contributed by atoms with Crippen LogP contribution in [-0.4, -0.2) is 22.4 Å². The second-order valence-electron chi connectivity index (χ2n) is 6.26. The molecule has 0 saturated carbocycles. The summed E-state index contributed by atoms with van der Waals surface area (Å²) < 4.78 is 7.14. The fourth-order valence-corrected chi connectivity index (χ4v) is 3.57. The van der Waals surface area contributed by atoms with Gasteiger partial charge in [-0.2, -0.15) is 5.10 Å². The van der Waals surface area contributed by atoms with E-state index in [0.717, 1.165) is 29.8 Å². The first-order chi connectivity index (χ1) is 12.3. The molecule has 25 heavy (non-hydrogen) atoms. The number of nitrogens with zero attached hydrogens (tertiary/aromatic N) is 2. The van der Waals surface area contributed by atoms with Crippen LogP contribution < -0.4 is 0 Å². The van der Waals surface area contributed by atoms with Crippen molar-refractivity contribution in [1.82, 2.24) is 9.78 Å². The molecule has 1 aliphatic rings. The highest BCUT2D eigenvalue weighted by Gasteiger charge is 2.33. The monoisotopic (exact) mass is 332 g/mol. The number of rotatable bonds is 4. The van der Waals surface area contributed by atoms with Crippen molar-refractivity contribution in [1.29, 1.82) is 0 Å².